The van der Waals surface area contributed by atoms with Crippen molar-refractivity contribution in [3.63, 3.8) is 0 Å². The van der Waals surface area contributed by atoms with Gasteiger partial charge in [0, 0.05) is 10.6 Å². The molecule has 0 aromatic carbocycles. The first kappa shape index (κ1) is 15.5. The van der Waals surface area contributed by atoms with Crippen molar-refractivity contribution in [2.24, 2.45) is 0 Å². The van der Waals surface area contributed by atoms with Gasteiger partial charge in [0.2, 0.25) is 5.91 Å². The average Bonchev–Trinajstić information content (AvgIpc) is 2.60. The molecule has 0 radical (unpaired) electrons. The lowest BCUT2D eigenvalue weighted by Crippen LogP contribution is -2.14. The summed E-state index contributed by atoms with van der Waals surface area (Å²) in [5, 5.41) is 20.8. The standard InChI is InChI=1S/C12H14N2O3S2/c1-7-8(2)19-12(9(7)5-13)14-10(15)6-18-4-3-11(16)17/h3-4,6H2,1-2H3,(H,14,15)(H,16,17). The second kappa shape index (κ2) is 7.16. The van der Waals surface area contributed by atoms with Crippen LogP contribution in [0.15, 0.2) is 0 Å². The number of carboxylic acids is 1. The Balaban J connectivity index is 2.51. The van der Waals surface area contributed by atoms with E-state index in [0.29, 0.717) is 16.3 Å². The fourth-order valence-corrected chi connectivity index (χ4v) is 3.08. The predicted octanol–water partition coefficient (Wildman–Crippen LogP) is 2.38. The number of nitrogens with one attached hydrogen (secondary N) is 1. The number of carbonyl (C=O) groups excluding carboxylic acids is 1. The van der Waals surface area contributed by atoms with E-state index in [2.05, 4.69) is 11.4 Å². The number of carbonyl (C=O) groups is 2. The summed E-state index contributed by atoms with van der Waals surface area (Å²) in [5.41, 5.74) is 1.40. The zero-order valence-electron chi connectivity index (χ0n) is 10.6. The molecule has 1 rings (SSSR count). The first-order valence-corrected chi connectivity index (χ1v) is 7.52. The monoisotopic (exact) mass is 298 g/mol. The Morgan fingerprint density at radius 1 is 1.47 bits per heavy atom. The number of nitrogens with zero attached hydrogens (tertiary/aromatic N) is 1. The van der Waals surface area contributed by atoms with E-state index < -0.39 is 5.97 Å². The van der Waals surface area contributed by atoms with Gasteiger partial charge >= 0.3 is 5.97 Å². The van der Waals surface area contributed by atoms with Crippen molar-refractivity contribution < 1.29 is 14.7 Å². The lowest BCUT2D eigenvalue weighted by molar-refractivity contribution is -0.136. The Morgan fingerprint density at radius 2 is 2.16 bits per heavy atom. The third-order valence-electron chi connectivity index (χ3n) is 2.44. The number of carboxylic acid groups (broad SMARTS) is 1. The number of thioether (sulfide) groups is 1. The molecule has 1 aromatic rings. The minimum atomic E-state index is -0.871. The Hall–Kier alpha value is -1.52. The van der Waals surface area contributed by atoms with Gasteiger partial charge in [-0.15, -0.1) is 11.3 Å². The molecule has 0 bridgehead atoms. The third kappa shape index (κ3) is 4.58. The summed E-state index contributed by atoms with van der Waals surface area (Å²) in [5.74, 6) is -0.498. The lowest BCUT2D eigenvalue weighted by atomic mass is 10.2. The van der Waals surface area contributed by atoms with Crippen LogP contribution < -0.4 is 5.32 Å². The largest absolute Gasteiger partial charge is 0.481 e. The molecule has 5 nitrogen and oxygen atoms in total. The molecule has 19 heavy (non-hydrogen) atoms. The molecule has 0 aliphatic rings. The van der Waals surface area contributed by atoms with Crippen LogP contribution in [0.4, 0.5) is 5.00 Å². The average molecular weight is 298 g/mol. The first-order chi connectivity index (χ1) is 8.95. The van der Waals surface area contributed by atoms with Crippen LogP contribution in [-0.2, 0) is 9.59 Å². The van der Waals surface area contributed by atoms with Crippen molar-refractivity contribution in [2.75, 3.05) is 16.8 Å². The Bertz CT molecular complexity index is 532. The fraction of sp³-hybridized carbons (Fsp3) is 0.417. The number of aliphatic carboxylic acids is 1. The van der Waals surface area contributed by atoms with Crippen molar-refractivity contribution in [3.05, 3.63) is 16.0 Å². The topological polar surface area (TPSA) is 90.2 Å². The molecule has 0 spiro atoms. The molecule has 0 saturated carbocycles. The van der Waals surface area contributed by atoms with Crippen LogP contribution in [0.1, 0.15) is 22.4 Å². The highest BCUT2D eigenvalue weighted by Gasteiger charge is 2.14. The highest BCUT2D eigenvalue weighted by atomic mass is 32.2. The van der Waals surface area contributed by atoms with Crippen LogP contribution >= 0.6 is 23.1 Å². The number of hydrogen-bond donors (Lipinski definition) is 2. The van der Waals surface area contributed by atoms with Crippen molar-refractivity contribution in [2.45, 2.75) is 20.3 Å². The van der Waals surface area contributed by atoms with Gasteiger partial charge in [-0.2, -0.15) is 17.0 Å². The zero-order chi connectivity index (χ0) is 14.4. The normalized spacial score (nSPS) is 9.95. The molecule has 1 heterocycles. The molecule has 0 atom stereocenters. The molecule has 2 N–H and O–H groups in total. The molecule has 102 valence electrons. The molecule has 0 aliphatic carbocycles. The van der Waals surface area contributed by atoms with Crippen LogP contribution in [0.3, 0.4) is 0 Å². The van der Waals surface area contributed by atoms with Crippen LogP contribution in [0, 0.1) is 25.2 Å². The number of hydrogen-bond acceptors (Lipinski definition) is 5. The van der Waals surface area contributed by atoms with Crippen molar-refractivity contribution in [1.82, 2.24) is 0 Å². The summed E-state index contributed by atoms with van der Waals surface area (Å²) in [7, 11) is 0. The highest BCUT2D eigenvalue weighted by molar-refractivity contribution is 7.99. The van der Waals surface area contributed by atoms with Crippen LogP contribution in [-0.4, -0.2) is 28.5 Å². The minimum absolute atomic E-state index is 0.0403. The minimum Gasteiger partial charge on any atom is -0.481 e. The van der Waals surface area contributed by atoms with E-state index in [1.54, 1.807) is 0 Å². The zero-order valence-corrected chi connectivity index (χ0v) is 12.3. The number of nitriles is 1. The van der Waals surface area contributed by atoms with Gasteiger partial charge in [0.15, 0.2) is 0 Å². The SMILES string of the molecule is Cc1sc(NC(=O)CSCCC(=O)O)c(C#N)c1C. The summed E-state index contributed by atoms with van der Waals surface area (Å²) >= 11 is 2.64. The fourth-order valence-electron chi connectivity index (χ4n) is 1.34. The van der Waals surface area contributed by atoms with E-state index in [4.69, 9.17) is 10.4 Å². The summed E-state index contributed by atoms with van der Waals surface area (Å²) in [6, 6.07) is 2.08. The second-order valence-corrected chi connectivity index (χ2v) is 6.17. The number of anilines is 1. The van der Waals surface area contributed by atoms with E-state index in [9.17, 15) is 9.59 Å². The van der Waals surface area contributed by atoms with E-state index in [1.165, 1.54) is 23.1 Å². The number of rotatable bonds is 6. The summed E-state index contributed by atoms with van der Waals surface area (Å²) in [6.45, 7) is 3.75. The van der Waals surface area contributed by atoms with Gasteiger partial charge < -0.3 is 10.4 Å². The molecule has 1 amide bonds. The number of amides is 1. The maximum Gasteiger partial charge on any atom is 0.304 e. The lowest BCUT2D eigenvalue weighted by Gasteiger charge is -2.02. The molecule has 1 aromatic heterocycles. The van der Waals surface area contributed by atoms with Gasteiger partial charge in [-0.05, 0) is 19.4 Å². The molecule has 7 heteroatoms. The molecule has 0 fully saturated rings. The molecule has 0 saturated heterocycles. The number of thiophene rings is 1. The van der Waals surface area contributed by atoms with E-state index in [-0.39, 0.29) is 18.1 Å². The van der Waals surface area contributed by atoms with Gasteiger partial charge in [0.25, 0.3) is 0 Å². The first-order valence-electron chi connectivity index (χ1n) is 5.55. The van der Waals surface area contributed by atoms with Gasteiger partial charge in [-0.3, -0.25) is 9.59 Å². The van der Waals surface area contributed by atoms with E-state index in [1.807, 2.05) is 13.8 Å². The Morgan fingerprint density at radius 3 is 2.74 bits per heavy atom. The van der Waals surface area contributed by atoms with Gasteiger partial charge in [0.1, 0.15) is 11.1 Å². The van der Waals surface area contributed by atoms with Gasteiger partial charge in [-0.25, -0.2) is 0 Å². The summed E-state index contributed by atoms with van der Waals surface area (Å²) in [4.78, 5) is 23.0. The van der Waals surface area contributed by atoms with Crippen molar-refractivity contribution in [1.29, 1.82) is 5.26 Å². The maximum atomic E-state index is 11.7. The molecule has 0 unspecified atom stereocenters. The number of aryl methyl sites for hydroxylation is 1. The maximum absolute atomic E-state index is 11.7. The van der Waals surface area contributed by atoms with Crippen LogP contribution in [0.2, 0.25) is 0 Å². The van der Waals surface area contributed by atoms with E-state index >= 15 is 0 Å². The third-order valence-corrected chi connectivity index (χ3v) is 4.53. The van der Waals surface area contributed by atoms with E-state index in [0.717, 1.165) is 10.4 Å². The molecular weight excluding hydrogens is 284 g/mol. The Labute approximate surface area is 119 Å². The summed E-state index contributed by atoms with van der Waals surface area (Å²) in [6.07, 6.45) is 0.0403. The van der Waals surface area contributed by atoms with Crippen molar-refractivity contribution in [3.8, 4) is 6.07 Å². The quantitative estimate of drug-likeness (QED) is 0.787. The van der Waals surface area contributed by atoms with Crippen LogP contribution in [0.25, 0.3) is 0 Å². The molecular formula is C12H14N2O3S2. The van der Waals surface area contributed by atoms with Crippen molar-refractivity contribution >= 4 is 40.0 Å². The second-order valence-electron chi connectivity index (χ2n) is 3.84. The smallest absolute Gasteiger partial charge is 0.304 e. The Kier molecular flexibility index (Phi) is 5.86. The highest BCUT2D eigenvalue weighted by Crippen LogP contribution is 2.31. The molecule has 0 aliphatic heterocycles. The summed E-state index contributed by atoms with van der Waals surface area (Å²) < 4.78 is 0. The van der Waals surface area contributed by atoms with Gasteiger partial charge in [0.05, 0.1) is 17.7 Å². The van der Waals surface area contributed by atoms with Gasteiger partial charge in [-0.1, -0.05) is 0 Å². The van der Waals surface area contributed by atoms with Crippen LogP contribution in [0.5, 0.6) is 0 Å². The predicted molar refractivity (Wildman–Crippen MR) is 76.7 cm³/mol.